The van der Waals surface area contributed by atoms with Crippen LogP contribution in [0.5, 0.6) is 0 Å². The zero-order valence-corrected chi connectivity index (χ0v) is 12.6. The van der Waals surface area contributed by atoms with Gasteiger partial charge in [0.05, 0.1) is 4.47 Å². The quantitative estimate of drug-likeness (QED) is 0.898. The van der Waals surface area contributed by atoms with Crippen molar-refractivity contribution < 1.29 is 13.4 Å². The van der Waals surface area contributed by atoms with Crippen molar-refractivity contribution in [1.29, 1.82) is 0 Å². The van der Waals surface area contributed by atoms with Gasteiger partial charge >= 0.3 is 0 Å². The lowest BCUT2D eigenvalue weighted by atomic mass is 10.2. The monoisotopic (exact) mass is 335 g/mol. The second-order valence-corrected chi connectivity index (χ2v) is 6.64. The Morgan fingerprint density at radius 3 is 2.78 bits per heavy atom. The van der Waals surface area contributed by atoms with Gasteiger partial charge < -0.3 is 5.32 Å². The summed E-state index contributed by atoms with van der Waals surface area (Å²) in [6.07, 6.45) is 2.27. The number of nitrogens with one attached hydrogen (secondary N) is 1. The van der Waals surface area contributed by atoms with Crippen molar-refractivity contribution in [1.82, 2.24) is 5.32 Å². The standard InChI is InChI=1S/C12H15BrFNO2S/c1-8(18(2)17)5-6-15-12(16)9-3-4-10(13)11(14)7-9/h3-4,7-8H,5-6H2,1-2H3,(H,15,16). The summed E-state index contributed by atoms with van der Waals surface area (Å²) in [7, 11) is -0.894. The van der Waals surface area contributed by atoms with Gasteiger partial charge in [0.15, 0.2) is 0 Å². The SMILES string of the molecule is CC(CCNC(=O)c1ccc(Br)c(F)c1)S(C)=O. The van der Waals surface area contributed by atoms with E-state index in [4.69, 9.17) is 0 Å². The van der Waals surface area contributed by atoms with Gasteiger partial charge in [0, 0.05) is 34.4 Å². The third-order valence-electron chi connectivity index (χ3n) is 2.58. The molecule has 0 spiro atoms. The summed E-state index contributed by atoms with van der Waals surface area (Å²) >= 11 is 3.03. The van der Waals surface area contributed by atoms with Crippen LogP contribution in [-0.4, -0.2) is 28.2 Å². The maximum absolute atomic E-state index is 13.2. The van der Waals surface area contributed by atoms with E-state index in [-0.39, 0.29) is 16.7 Å². The van der Waals surface area contributed by atoms with Crippen LogP contribution in [0, 0.1) is 5.82 Å². The lowest BCUT2D eigenvalue weighted by Crippen LogP contribution is -2.27. The smallest absolute Gasteiger partial charge is 0.251 e. The third kappa shape index (κ3) is 4.49. The topological polar surface area (TPSA) is 46.2 Å². The molecule has 2 atom stereocenters. The molecule has 18 heavy (non-hydrogen) atoms. The largest absolute Gasteiger partial charge is 0.352 e. The Balaban J connectivity index is 2.50. The van der Waals surface area contributed by atoms with E-state index in [1.54, 1.807) is 12.3 Å². The Hall–Kier alpha value is -0.750. The predicted octanol–water partition coefficient (Wildman–Crippen LogP) is 2.48. The van der Waals surface area contributed by atoms with Gasteiger partial charge in [0.2, 0.25) is 0 Å². The molecule has 1 N–H and O–H groups in total. The Morgan fingerprint density at radius 2 is 2.22 bits per heavy atom. The van der Waals surface area contributed by atoms with Crippen LogP contribution in [0.2, 0.25) is 0 Å². The average Bonchev–Trinajstić information content (AvgIpc) is 2.32. The molecule has 0 saturated heterocycles. The van der Waals surface area contributed by atoms with Crippen LogP contribution in [0.1, 0.15) is 23.7 Å². The molecule has 6 heteroatoms. The fourth-order valence-electron chi connectivity index (χ4n) is 1.29. The molecule has 0 aromatic heterocycles. The average molecular weight is 336 g/mol. The van der Waals surface area contributed by atoms with Crippen molar-refractivity contribution in [3.8, 4) is 0 Å². The van der Waals surface area contributed by atoms with Crippen LogP contribution in [0.15, 0.2) is 22.7 Å². The van der Waals surface area contributed by atoms with Gasteiger partial charge in [0.1, 0.15) is 5.82 Å². The minimum absolute atomic E-state index is 0.0342. The molecule has 0 aliphatic rings. The highest BCUT2D eigenvalue weighted by molar-refractivity contribution is 9.10. The zero-order chi connectivity index (χ0) is 13.7. The Morgan fingerprint density at radius 1 is 1.56 bits per heavy atom. The summed E-state index contributed by atoms with van der Waals surface area (Å²) in [5, 5.41) is 2.71. The molecule has 1 amide bonds. The van der Waals surface area contributed by atoms with Crippen LogP contribution >= 0.6 is 15.9 Å². The van der Waals surface area contributed by atoms with Gasteiger partial charge in [-0.2, -0.15) is 0 Å². The summed E-state index contributed by atoms with van der Waals surface area (Å²) in [5.41, 5.74) is 0.279. The first kappa shape index (κ1) is 15.3. The van der Waals surface area contributed by atoms with E-state index in [1.807, 2.05) is 6.92 Å². The first-order valence-corrected chi connectivity index (χ1v) is 7.88. The molecule has 1 rings (SSSR count). The summed E-state index contributed by atoms with van der Waals surface area (Å²) < 4.78 is 24.7. The maximum Gasteiger partial charge on any atom is 0.251 e. The van der Waals surface area contributed by atoms with Gasteiger partial charge in [-0.3, -0.25) is 9.00 Å². The molecule has 3 nitrogen and oxygen atoms in total. The van der Waals surface area contributed by atoms with E-state index < -0.39 is 16.6 Å². The van der Waals surface area contributed by atoms with E-state index in [1.165, 1.54) is 12.1 Å². The molecule has 0 fully saturated rings. The van der Waals surface area contributed by atoms with Crippen LogP contribution in [0.4, 0.5) is 4.39 Å². The van der Waals surface area contributed by atoms with Crippen molar-refractivity contribution in [3.05, 3.63) is 34.1 Å². The molecular weight excluding hydrogens is 321 g/mol. The van der Waals surface area contributed by atoms with Crippen LogP contribution in [0.25, 0.3) is 0 Å². The minimum atomic E-state index is -0.894. The summed E-state index contributed by atoms with van der Waals surface area (Å²) in [6.45, 7) is 2.29. The van der Waals surface area contributed by atoms with E-state index >= 15 is 0 Å². The molecular formula is C12H15BrFNO2S. The first-order valence-electron chi connectivity index (χ1n) is 5.47. The molecule has 1 aromatic rings. The van der Waals surface area contributed by atoms with Crippen LogP contribution in [-0.2, 0) is 10.8 Å². The Labute approximate surface area is 117 Å². The van der Waals surface area contributed by atoms with Gasteiger partial charge in [-0.05, 0) is 40.5 Å². The minimum Gasteiger partial charge on any atom is -0.352 e. The number of benzene rings is 1. The third-order valence-corrected chi connectivity index (χ3v) is 4.60. The normalized spacial score (nSPS) is 14.0. The van der Waals surface area contributed by atoms with Crippen molar-refractivity contribution in [3.63, 3.8) is 0 Å². The number of halogens is 2. The Bertz CT molecular complexity index is 467. The zero-order valence-electron chi connectivity index (χ0n) is 10.2. The number of carbonyl (C=O) groups is 1. The molecule has 100 valence electrons. The molecule has 0 aliphatic carbocycles. The number of amides is 1. The summed E-state index contributed by atoms with van der Waals surface area (Å²) in [6, 6.07) is 4.22. The van der Waals surface area contributed by atoms with Crippen LogP contribution in [0.3, 0.4) is 0 Å². The molecule has 0 bridgehead atoms. The molecule has 0 radical (unpaired) electrons. The van der Waals surface area contributed by atoms with Crippen molar-refractivity contribution in [2.75, 3.05) is 12.8 Å². The van der Waals surface area contributed by atoms with Crippen molar-refractivity contribution in [2.45, 2.75) is 18.6 Å². The van der Waals surface area contributed by atoms with Crippen LogP contribution < -0.4 is 5.32 Å². The van der Waals surface area contributed by atoms with E-state index in [2.05, 4.69) is 21.2 Å². The molecule has 1 aromatic carbocycles. The predicted molar refractivity (Wildman–Crippen MR) is 74.6 cm³/mol. The van der Waals surface area contributed by atoms with Gasteiger partial charge in [-0.25, -0.2) is 4.39 Å². The highest BCUT2D eigenvalue weighted by Crippen LogP contribution is 2.16. The second-order valence-electron chi connectivity index (χ2n) is 3.98. The Kier molecular flexibility index (Phi) is 5.95. The van der Waals surface area contributed by atoms with Gasteiger partial charge in [0.25, 0.3) is 5.91 Å². The number of carbonyl (C=O) groups excluding carboxylic acids is 1. The fraction of sp³-hybridized carbons (Fsp3) is 0.417. The van der Waals surface area contributed by atoms with Crippen molar-refractivity contribution in [2.24, 2.45) is 0 Å². The van der Waals surface area contributed by atoms with E-state index in [0.29, 0.717) is 17.4 Å². The van der Waals surface area contributed by atoms with Gasteiger partial charge in [-0.1, -0.05) is 6.92 Å². The van der Waals surface area contributed by atoms with E-state index in [0.717, 1.165) is 0 Å². The molecule has 0 heterocycles. The summed E-state index contributed by atoms with van der Waals surface area (Å²) in [4.78, 5) is 11.7. The lowest BCUT2D eigenvalue weighted by molar-refractivity contribution is 0.0953. The first-order chi connectivity index (χ1) is 8.41. The van der Waals surface area contributed by atoms with Crippen molar-refractivity contribution >= 4 is 32.6 Å². The second kappa shape index (κ2) is 6.99. The molecule has 0 aliphatic heterocycles. The molecule has 2 unspecified atom stereocenters. The fourth-order valence-corrected chi connectivity index (χ4v) is 1.99. The summed E-state index contributed by atoms with van der Waals surface area (Å²) in [5.74, 6) is -0.791. The van der Waals surface area contributed by atoms with E-state index in [9.17, 15) is 13.4 Å². The molecule has 0 saturated carbocycles. The van der Waals surface area contributed by atoms with Gasteiger partial charge in [-0.15, -0.1) is 0 Å². The lowest BCUT2D eigenvalue weighted by Gasteiger charge is -2.09. The highest BCUT2D eigenvalue weighted by Gasteiger charge is 2.10. The number of rotatable bonds is 5. The number of hydrogen-bond acceptors (Lipinski definition) is 2. The highest BCUT2D eigenvalue weighted by atomic mass is 79.9. The maximum atomic E-state index is 13.2. The number of hydrogen-bond donors (Lipinski definition) is 1.